The first-order valence-corrected chi connectivity index (χ1v) is 15.7. The van der Waals surface area contributed by atoms with E-state index in [-0.39, 0.29) is 28.7 Å². The summed E-state index contributed by atoms with van der Waals surface area (Å²) in [6, 6.07) is 14.6. The van der Waals surface area contributed by atoms with Crippen molar-refractivity contribution in [1.29, 1.82) is 10.5 Å². The van der Waals surface area contributed by atoms with Gasteiger partial charge < -0.3 is 0 Å². The standard InChI is InChI=1S/C31H19N23/c1-16-23(41-43-25-18(12-32)14-37-51(25)22-6-3-4-9-34-22)29-47-45-27(52(29)49-16)20-7-8-21(40-39-20)28-46-48-30-24(17(2)50-53(28)30)42-44-26-19(13-33)15-38-54(26)31-35-10-5-11-36-31/h3-11,14-15,47-48H,1-2H3/b43-41+,44-42+. The Morgan fingerprint density at radius 1 is 0.630 bits per heavy atom. The highest BCUT2D eigenvalue weighted by molar-refractivity contribution is 5.71. The fourth-order valence-electron chi connectivity index (χ4n) is 5.42. The zero-order chi connectivity index (χ0) is 36.8. The number of hydrogen-bond donors (Lipinski definition) is 2. The van der Waals surface area contributed by atoms with Gasteiger partial charge in [0.15, 0.2) is 40.1 Å². The van der Waals surface area contributed by atoms with E-state index < -0.39 is 0 Å². The van der Waals surface area contributed by atoms with E-state index in [1.807, 2.05) is 0 Å². The number of rotatable bonds is 8. The molecule has 258 valence electrons. The minimum absolute atomic E-state index is 0.153. The van der Waals surface area contributed by atoms with Crippen LogP contribution < -0.4 is 0 Å². The predicted octanol–water partition coefficient (Wildman–Crippen LogP) is 4.30. The Bertz CT molecular complexity index is 2770. The van der Waals surface area contributed by atoms with Crippen molar-refractivity contribution >= 4 is 34.3 Å². The lowest BCUT2D eigenvalue weighted by Gasteiger charge is -2.01. The maximum Gasteiger partial charge on any atom is 0.252 e. The molecule has 23 nitrogen and oxygen atoms in total. The van der Waals surface area contributed by atoms with Crippen LogP contribution in [0.2, 0.25) is 0 Å². The summed E-state index contributed by atoms with van der Waals surface area (Å²) >= 11 is 0. The summed E-state index contributed by atoms with van der Waals surface area (Å²) in [7, 11) is 0. The van der Waals surface area contributed by atoms with E-state index in [9.17, 15) is 10.5 Å². The van der Waals surface area contributed by atoms with Crippen LogP contribution in [0.1, 0.15) is 22.5 Å². The van der Waals surface area contributed by atoms with Gasteiger partial charge in [-0.1, -0.05) is 6.07 Å². The van der Waals surface area contributed by atoms with Gasteiger partial charge in [0, 0.05) is 18.6 Å². The van der Waals surface area contributed by atoms with Gasteiger partial charge >= 0.3 is 0 Å². The Hall–Kier alpha value is -8.73. The number of pyridine rings is 1. The molecule has 0 unspecified atom stereocenters. The molecular formula is C31H19N23. The van der Waals surface area contributed by atoms with Gasteiger partial charge in [0.25, 0.3) is 5.95 Å². The summed E-state index contributed by atoms with van der Waals surface area (Å²) < 4.78 is 5.83. The maximum atomic E-state index is 9.64. The van der Waals surface area contributed by atoms with E-state index in [1.54, 1.807) is 73.4 Å². The number of hydrogen-bond acceptors (Lipinski definition) is 17. The maximum absolute atomic E-state index is 9.64. The fourth-order valence-corrected chi connectivity index (χ4v) is 5.42. The lowest BCUT2D eigenvalue weighted by Crippen LogP contribution is -2.01. The van der Waals surface area contributed by atoms with Crippen LogP contribution in [0.3, 0.4) is 0 Å². The second-order valence-electron chi connectivity index (χ2n) is 11.2. The molecule has 0 aromatic carbocycles. The molecule has 0 amide bonds. The van der Waals surface area contributed by atoms with Crippen LogP contribution in [-0.4, -0.2) is 84.3 Å². The van der Waals surface area contributed by atoms with E-state index in [4.69, 9.17) is 0 Å². The van der Waals surface area contributed by atoms with Gasteiger partial charge in [-0.05, 0) is 44.2 Å². The quantitative estimate of drug-likeness (QED) is 0.208. The monoisotopic (exact) mass is 713 g/mol. The Labute approximate surface area is 300 Å². The van der Waals surface area contributed by atoms with Crippen molar-refractivity contribution in [3.63, 3.8) is 0 Å². The first-order chi connectivity index (χ1) is 26.5. The average molecular weight is 714 g/mol. The third-order valence-electron chi connectivity index (χ3n) is 7.94. The van der Waals surface area contributed by atoms with E-state index in [1.165, 1.54) is 26.3 Å². The van der Waals surface area contributed by atoms with Crippen molar-refractivity contribution in [2.75, 3.05) is 0 Å². The molecule has 2 N–H and O–H groups in total. The third-order valence-corrected chi connectivity index (χ3v) is 7.94. The third kappa shape index (κ3) is 5.09. The number of aryl methyl sites for hydroxylation is 2. The topological polar surface area (TPSA) is 289 Å². The Morgan fingerprint density at radius 3 is 1.69 bits per heavy atom. The van der Waals surface area contributed by atoms with Gasteiger partial charge in [-0.25, -0.2) is 15.0 Å². The molecule has 54 heavy (non-hydrogen) atoms. The van der Waals surface area contributed by atoms with Crippen LogP contribution in [-0.2, 0) is 0 Å². The van der Waals surface area contributed by atoms with Crippen molar-refractivity contribution in [2.24, 2.45) is 20.5 Å². The lowest BCUT2D eigenvalue weighted by molar-refractivity contribution is 0.803. The minimum atomic E-state index is 0.153. The molecule has 0 radical (unpaired) electrons. The first kappa shape index (κ1) is 31.3. The van der Waals surface area contributed by atoms with Gasteiger partial charge in [-0.15, -0.1) is 30.7 Å². The molecule has 0 fully saturated rings. The molecule has 9 heterocycles. The van der Waals surface area contributed by atoms with Crippen molar-refractivity contribution in [3.05, 3.63) is 89.9 Å². The smallest absolute Gasteiger partial charge is 0.252 e. The molecule has 0 aliphatic heterocycles. The number of aromatic nitrogens is 17. The highest BCUT2D eigenvalue weighted by Crippen LogP contribution is 2.32. The van der Waals surface area contributed by atoms with Crippen molar-refractivity contribution in [3.8, 4) is 46.9 Å². The van der Waals surface area contributed by atoms with E-state index in [0.717, 1.165) is 0 Å². The SMILES string of the molecule is Cc1nn2c(-c3ccc(-c4n[nH]c5c(/N=N/c6c(C#N)cnn6-c6ncccn6)c(C)nn45)nn3)n[nH]c2c1/N=N/c1c(C#N)cnn1-c1ccccn1. The average Bonchev–Trinajstić information content (AvgIpc) is 4.06. The molecule has 0 atom stereocenters. The van der Waals surface area contributed by atoms with Gasteiger partial charge in [0.05, 0.1) is 23.8 Å². The summed E-state index contributed by atoms with van der Waals surface area (Å²) in [5, 5.41) is 77.8. The summed E-state index contributed by atoms with van der Waals surface area (Å²) in [6.45, 7) is 3.53. The predicted molar refractivity (Wildman–Crippen MR) is 182 cm³/mol. The summed E-state index contributed by atoms with van der Waals surface area (Å²) in [5.74, 6) is 1.81. The summed E-state index contributed by atoms with van der Waals surface area (Å²) in [5.41, 5.74) is 3.96. The summed E-state index contributed by atoms with van der Waals surface area (Å²) in [6.07, 6.45) is 7.49. The number of fused-ring (bicyclic) bond motifs is 2. The Kier molecular flexibility index (Phi) is 7.27. The number of nitrogens with one attached hydrogen (secondary N) is 2. The van der Waals surface area contributed by atoms with Crippen LogP contribution in [0.25, 0.3) is 46.1 Å². The van der Waals surface area contributed by atoms with Crippen molar-refractivity contribution in [2.45, 2.75) is 13.8 Å². The minimum Gasteiger partial charge on any atom is -0.257 e. The molecule has 23 heteroatoms. The van der Waals surface area contributed by atoms with Gasteiger partial charge in [0.1, 0.15) is 34.7 Å². The molecule has 0 aliphatic rings. The Morgan fingerprint density at radius 2 is 1.17 bits per heavy atom. The molecule has 0 bridgehead atoms. The zero-order valence-corrected chi connectivity index (χ0v) is 27.7. The molecule has 9 rings (SSSR count). The van der Waals surface area contributed by atoms with E-state index in [0.29, 0.717) is 62.9 Å². The van der Waals surface area contributed by atoms with Crippen LogP contribution in [0.5, 0.6) is 0 Å². The van der Waals surface area contributed by atoms with Crippen LogP contribution in [0, 0.1) is 36.5 Å². The van der Waals surface area contributed by atoms with Gasteiger partial charge in [-0.2, -0.15) is 59.5 Å². The number of azo groups is 2. The molecule has 0 saturated carbocycles. The number of nitrogens with zero attached hydrogens (tertiary/aromatic N) is 21. The molecule has 0 spiro atoms. The second kappa shape index (κ2) is 12.5. The number of nitriles is 2. The summed E-state index contributed by atoms with van der Waals surface area (Å²) in [4.78, 5) is 12.7. The second-order valence-corrected chi connectivity index (χ2v) is 11.2. The van der Waals surface area contributed by atoms with Crippen LogP contribution in [0.4, 0.5) is 23.0 Å². The largest absolute Gasteiger partial charge is 0.257 e. The molecule has 0 saturated heterocycles. The van der Waals surface area contributed by atoms with E-state index >= 15 is 0 Å². The Balaban J connectivity index is 1.00. The lowest BCUT2D eigenvalue weighted by atomic mass is 10.3. The molecule has 9 aromatic rings. The van der Waals surface area contributed by atoms with Crippen molar-refractivity contribution in [1.82, 2.24) is 84.3 Å². The highest BCUT2D eigenvalue weighted by atomic mass is 15.4. The van der Waals surface area contributed by atoms with Crippen LogP contribution >= 0.6 is 0 Å². The van der Waals surface area contributed by atoms with Gasteiger partial charge in [0.2, 0.25) is 11.6 Å². The van der Waals surface area contributed by atoms with Crippen molar-refractivity contribution < 1.29 is 0 Å². The highest BCUT2D eigenvalue weighted by Gasteiger charge is 2.22. The van der Waals surface area contributed by atoms with Crippen LogP contribution in [0.15, 0.2) is 87.8 Å². The zero-order valence-electron chi connectivity index (χ0n) is 27.7. The number of H-pyrrole nitrogens is 2. The normalized spacial score (nSPS) is 11.7. The molecule has 0 aliphatic carbocycles. The van der Waals surface area contributed by atoms with Gasteiger partial charge in [-0.3, -0.25) is 10.2 Å². The fraction of sp³-hybridized carbons (Fsp3) is 0.0645. The van der Waals surface area contributed by atoms with E-state index in [2.05, 4.69) is 98.5 Å². The molecular weight excluding hydrogens is 695 g/mol. The molecule has 9 aromatic heterocycles. The number of aromatic amines is 2. The first-order valence-electron chi connectivity index (χ1n) is 15.7.